The number of rotatable bonds is 1. The minimum absolute atomic E-state index is 0.0334. The fourth-order valence-corrected chi connectivity index (χ4v) is 4.51. The number of thioether (sulfide) groups is 1. The molecule has 0 saturated carbocycles. The number of ketones is 1. The van der Waals surface area contributed by atoms with Crippen molar-refractivity contribution in [3.05, 3.63) is 16.5 Å². The van der Waals surface area contributed by atoms with E-state index < -0.39 is 0 Å². The summed E-state index contributed by atoms with van der Waals surface area (Å²) in [6.45, 7) is 2.49. The highest BCUT2D eigenvalue weighted by Crippen LogP contribution is 2.37. The quantitative estimate of drug-likeness (QED) is 0.790. The van der Waals surface area contributed by atoms with Gasteiger partial charge in [0.2, 0.25) is 0 Å². The Hall–Kier alpha value is -0.850. The molecule has 0 spiro atoms. The van der Waals surface area contributed by atoms with Crippen LogP contribution in [0.4, 0.5) is 0 Å². The maximum Gasteiger partial charge on any atom is 0.264 e. The minimum atomic E-state index is 0.0334. The molecule has 3 rings (SSSR count). The maximum atomic E-state index is 12.3. The Morgan fingerprint density at radius 1 is 1.33 bits per heavy atom. The molecule has 0 atom stereocenters. The second-order valence-electron chi connectivity index (χ2n) is 4.24. The fourth-order valence-electron chi connectivity index (χ4n) is 2.07. The van der Waals surface area contributed by atoms with Crippen molar-refractivity contribution in [1.82, 2.24) is 4.90 Å². The Morgan fingerprint density at radius 3 is 2.83 bits per heavy atom. The van der Waals surface area contributed by atoms with Gasteiger partial charge in [0.15, 0.2) is 5.78 Å². The molecule has 18 heavy (non-hydrogen) atoms. The molecule has 2 aliphatic rings. The molecule has 2 aliphatic heterocycles. The van der Waals surface area contributed by atoms with Crippen molar-refractivity contribution in [2.45, 2.75) is 10.6 Å². The molecule has 0 aromatic carbocycles. The van der Waals surface area contributed by atoms with Crippen LogP contribution in [0.1, 0.15) is 26.5 Å². The van der Waals surface area contributed by atoms with Crippen molar-refractivity contribution in [1.29, 1.82) is 0 Å². The molecule has 4 nitrogen and oxygen atoms in total. The van der Waals surface area contributed by atoms with Gasteiger partial charge in [-0.05, 0) is 6.07 Å². The van der Waals surface area contributed by atoms with Crippen LogP contribution in [0.15, 0.2) is 10.3 Å². The molecule has 1 amide bonds. The number of ether oxygens (including phenoxy) is 1. The molecule has 0 unspecified atom stereocenters. The lowest BCUT2D eigenvalue weighted by molar-refractivity contribution is 0.0306. The van der Waals surface area contributed by atoms with Crippen molar-refractivity contribution in [3.8, 4) is 0 Å². The number of Topliss-reactive ketones (excluding diaryl/α,β-unsaturated/α-hetero) is 1. The summed E-state index contributed by atoms with van der Waals surface area (Å²) in [6.07, 6.45) is 0.583. The van der Waals surface area contributed by atoms with Gasteiger partial charge in [-0.1, -0.05) is 0 Å². The number of carbonyl (C=O) groups excluding carboxylic acids is 2. The number of thiophene rings is 1. The number of hydrogen-bond donors (Lipinski definition) is 0. The van der Waals surface area contributed by atoms with Crippen molar-refractivity contribution in [2.24, 2.45) is 0 Å². The molecule has 1 aromatic heterocycles. The Balaban J connectivity index is 1.84. The van der Waals surface area contributed by atoms with Crippen LogP contribution in [0.25, 0.3) is 0 Å². The van der Waals surface area contributed by atoms with E-state index in [-0.39, 0.29) is 11.7 Å². The van der Waals surface area contributed by atoms with E-state index in [0.717, 1.165) is 15.5 Å². The normalized spacial score (nSPS) is 19.8. The zero-order valence-corrected chi connectivity index (χ0v) is 11.4. The number of amides is 1. The predicted octanol–water partition coefficient (Wildman–Crippen LogP) is 1.90. The smallest absolute Gasteiger partial charge is 0.264 e. The zero-order chi connectivity index (χ0) is 12.5. The van der Waals surface area contributed by atoms with Gasteiger partial charge in [-0.15, -0.1) is 23.1 Å². The number of fused-ring (bicyclic) bond motifs is 1. The van der Waals surface area contributed by atoms with E-state index in [0.29, 0.717) is 37.6 Å². The summed E-state index contributed by atoms with van der Waals surface area (Å²) in [6, 6.07) is 1.77. The van der Waals surface area contributed by atoms with Crippen LogP contribution < -0.4 is 0 Å². The van der Waals surface area contributed by atoms with Gasteiger partial charge in [0.1, 0.15) is 0 Å². The van der Waals surface area contributed by atoms with E-state index in [1.54, 1.807) is 22.7 Å². The lowest BCUT2D eigenvalue weighted by Gasteiger charge is -2.26. The van der Waals surface area contributed by atoms with Gasteiger partial charge in [-0.2, -0.15) is 0 Å². The fraction of sp³-hybridized carbons (Fsp3) is 0.500. The van der Waals surface area contributed by atoms with Crippen LogP contribution in [0, 0.1) is 0 Å². The highest BCUT2D eigenvalue weighted by atomic mass is 32.2. The predicted molar refractivity (Wildman–Crippen MR) is 70.7 cm³/mol. The number of nitrogens with zero attached hydrogens (tertiary/aromatic N) is 1. The maximum absolute atomic E-state index is 12.3. The number of carbonyl (C=O) groups is 2. The monoisotopic (exact) mass is 283 g/mol. The number of hydrogen-bond acceptors (Lipinski definition) is 5. The van der Waals surface area contributed by atoms with E-state index >= 15 is 0 Å². The SMILES string of the molecule is O=C1CCSc2sc(C(=O)N3CCOCC3)cc21. The van der Waals surface area contributed by atoms with Gasteiger partial charge in [-0.3, -0.25) is 9.59 Å². The van der Waals surface area contributed by atoms with Crippen LogP contribution in [-0.2, 0) is 4.74 Å². The minimum Gasteiger partial charge on any atom is -0.378 e. The van der Waals surface area contributed by atoms with Crippen molar-refractivity contribution < 1.29 is 14.3 Å². The van der Waals surface area contributed by atoms with E-state index in [1.165, 1.54) is 11.3 Å². The summed E-state index contributed by atoms with van der Waals surface area (Å²) in [5, 5.41) is 0. The molecule has 3 heterocycles. The molecule has 1 fully saturated rings. The van der Waals surface area contributed by atoms with Gasteiger partial charge < -0.3 is 9.64 Å². The highest BCUT2D eigenvalue weighted by molar-refractivity contribution is 8.01. The van der Waals surface area contributed by atoms with Gasteiger partial charge >= 0.3 is 0 Å². The summed E-state index contributed by atoms with van der Waals surface area (Å²) in [5.74, 6) is 1.03. The summed E-state index contributed by atoms with van der Waals surface area (Å²) < 4.78 is 6.24. The van der Waals surface area contributed by atoms with Crippen molar-refractivity contribution in [2.75, 3.05) is 32.1 Å². The van der Waals surface area contributed by atoms with E-state index in [2.05, 4.69) is 0 Å². The van der Waals surface area contributed by atoms with Crippen molar-refractivity contribution in [3.63, 3.8) is 0 Å². The molecule has 0 radical (unpaired) electrons. The van der Waals surface area contributed by atoms with Crippen molar-refractivity contribution >= 4 is 34.8 Å². The van der Waals surface area contributed by atoms with Crippen LogP contribution in [0.5, 0.6) is 0 Å². The molecule has 0 bridgehead atoms. The molecule has 96 valence electrons. The Kier molecular flexibility index (Phi) is 3.41. The highest BCUT2D eigenvalue weighted by Gasteiger charge is 2.26. The molecule has 0 N–H and O–H groups in total. The van der Waals surface area contributed by atoms with E-state index in [4.69, 9.17) is 4.74 Å². The lowest BCUT2D eigenvalue weighted by atomic mass is 10.1. The van der Waals surface area contributed by atoms with Crippen LogP contribution in [0.3, 0.4) is 0 Å². The van der Waals surface area contributed by atoms with Gasteiger partial charge in [0, 0.05) is 30.8 Å². The first kappa shape index (κ1) is 12.2. The summed E-state index contributed by atoms with van der Waals surface area (Å²) in [5.41, 5.74) is 0.743. The Bertz CT molecular complexity index is 492. The summed E-state index contributed by atoms with van der Waals surface area (Å²) in [7, 11) is 0. The largest absolute Gasteiger partial charge is 0.378 e. The third-order valence-electron chi connectivity index (χ3n) is 3.07. The Morgan fingerprint density at radius 2 is 2.11 bits per heavy atom. The molecular formula is C12H13NO3S2. The molecule has 0 aliphatic carbocycles. The molecule has 1 aromatic rings. The number of morpholine rings is 1. The summed E-state index contributed by atoms with van der Waals surface area (Å²) in [4.78, 5) is 26.5. The van der Waals surface area contributed by atoms with Crippen LogP contribution in [0.2, 0.25) is 0 Å². The molecular weight excluding hydrogens is 270 g/mol. The first-order valence-electron chi connectivity index (χ1n) is 5.92. The van der Waals surface area contributed by atoms with Gasteiger partial charge in [-0.25, -0.2) is 0 Å². The standard InChI is InChI=1S/C12H13NO3S2/c14-9-1-6-17-12-8(9)7-10(18-12)11(15)13-2-4-16-5-3-13/h7H,1-6H2. The lowest BCUT2D eigenvalue weighted by Crippen LogP contribution is -2.40. The Labute approximate surface area is 113 Å². The molecule has 6 heteroatoms. The zero-order valence-electron chi connectivity index (χ0n) is 9.81. The van der Waals surface area contributed by atoms with Crippen LogP contribution in [-0.4, -0.2) is 48.6 Å². The molecule has 1 saturated heterocycles. The van der Waals surface area contributed by atoms with Crippen LogP contribution >= 0.6 is 23.1 Å². The summed E-state index contributed by atoms with van der Waals surface area (Å²) >= 11 is 3.13. The topological polar surface area (TPSA) is 46.6 Å². The van der Waals surface area contributed by atoms with Gasteiger partial charge in [0.05, 0.1) is 22.3 Å². The van der Waals surface area contributed by atoms with Gasteiger partial charge in [0.25, 0.3) is 5.91 Å². The van der Waals surface area contributed by atoms with E-state index in [1.807, 2.05) is 0 Å². The third kappa shape index (κ3) is 2.20. The second-order valence-corrected chi connectivity index (χ2v) is 6.65. The first-order valence-corrected chi connectivity index (χ1v) is 7.73. The second kappa shape index (κ2) is 5.03. The van der Waals surface area contributed by atoms with E-state index in [9.17, 15) is 9.59 Å². The third-order valence-corrected chi connectivity index (χ3v) is 5.48. The average molecular weight is 283 g/mol. The average Bonchev–Trinajstić information content (AvgIpc) is 2.84. The first-order chi connectivity index (χ1) is 8.75.